The van der Waals surface area contributed by atoms with Crippen LogP contribution >= 0.6 is 0 Å². The van der Waals surface area contributed by atoms with Gasteiger partial charge in [-0.2, -0.15) is 0 Å². The second-order valence-electron chi connectivity index (χ2n) is 3.33. The molecule has 0 heterocycles. The molecular formula is C7H14O2. The standard InChI is InChI=1S/C7H14O2/c1-5(4-8)6-3-7(6,2)9/h5-6,8-9H,3-4H2,1-2H3/t5?,6-,7-/m0/s1. The van der Waals surface area contributed by atoms with Gasteiger partial charge in [0.15, 0.2) is 0 Å². The van der Waals surface area contributed by atoms with E-state index >= 15 is 0 Å². The van der Waals surface area contributed by atoms with Crippen molar-refractivity contribution >= 4 is 0 Å². The fraction of sp³-hybridized carbons (Fsp3) is 1.00. The van der Waals surface area contributed by atoms with E-state index < -0.39 is 5.60 Å². The fourth-order valence-electron chi connectivity index (χ4n) is 1.33. The van der Waals surface area contributed by atoms with Gasteiger partial charge in [-0.25, -0.2) is 0 Å². The third kappa shape index (κ3) is 1.25. The first kappa shape index (κ1) is 7.03. The molecule has 54 valence electrons. The van der Waals surface area contributed by atoms with Gasteiger partial charge in [0.2, 0.25) is 0 Å². The molecule has 1 saturated carbocycles. The molecule has 0 bridgehead atoms. The summed E-state index contributed by atoms with van der Waals surface area (Å²) in [5.41, 5.74) is -0.470. The predicted molar refractivity (Wildman–Crippen MR) is 35.0 cm³/mol. The molecule has 0 aromatic heterocycles. The highest BCUT2D eigenvalue weighted by Crippen LogP contribution is 2.47. The van der Waals surface area contributed by atoms with E-state index in [9.17, 15) is 5.11 Å². The van der Waals surface area contributed by atoms with Gasteiger partial charge in [-0.1, -0.05) is 6.92 Å². The average molecular weight is 130 g/mol. The van der Waals surface area contributed by atoms with Crippen molar-refractivity contribution in [2.45, 2.75) is 25.9 Å². The Hall–Kier alpha value is -0.0800. The normalized spacial score (nSPS) is 44.7. The van der Waals surface area contributed by atoms with Gasteiger partial charge in [0, 0.05) is 6.61 Å². The summed E-state index contributed by atoms with van der Waals surface area (Å²) in [6, 6.07) is 0. The Kier molecular flexibility index (Phi) is 1.53. The van der Waals surface area contributed by atoms with E-state index in [1.807, 2.05) is 13.8 Å². The molecule has 0 saturated heterocycles. The van der Waals surface area contributed by atoms with Crippen molar-refractivity contribution in [3.05, 3.63) is 0 Å². The third-order valence-corrected chi connectivity index (χ3v) is 2.25. The minimum Gasteiger partial charge on any atom is -0.396 e. The molecule has 3 atom stereocenters. The zero-order valence-corrected chi connectivity index (χ0v) is 5.96. The summed E-state index contributed by atoms with van der Waals surface area (Å²) in [4.78, 5) is 0. The molecule has 1 aliphatic carbocycles. The van der Waals surface area contributed by atoms with Crippen LogP contribution in [-0.4, -0.2) is 22.4 Å². The highest BCUT2D eigenvalue weighted by Gasteiger charge is 2.50. The van der Waals surface area contributed by atoms with Crippen LogP contribution in [0, 0.1) is 11.8 Å². The maximum atomic E-state index is 9.28. The second-order valence-corrected chi connectivity index (χ2v) is 3.33. The van der Waals surface area contributed by atoms with Crippen LogP contribution in [0.2, 0.25) is 0 Å². The Bertz CT molecular complexity index is 109. The summed E-state index contributed by atoms with van der Waals surface area (Å²) in [7, 11) is 0. The van der Waals surface area contributed by atoms with Gasteiger partial charge in [-0.3, -0.25) is 0 Å². The average Bonchev–Trinajstić information content (AvgIpc) is 2.38. The Balaban J connectivity index is 2.33. The fourth-order valence-corrected chi connectivity index (χ4v) is 1.33. The van der Waals surface area contributed by atoms with Crippen molar-refractivity contribution < 1.29 is 10.2 Å². The van der Waals surface area contributed by atoms with Crippen LogP contribution in [0.25, 0.3) is 0 Å². The van der Waals surface area contributed by atoms with Crippen molar-refractivity contribution in [2.75, 3.05) is 6.61 Å². The van der Waals surface area contributed by atoms with Gasteiger partial charge in [-0.15, -0.1) is 0 Å². The molecule has 2 nitrogen and oxygen atoms in total. The monoisotopic (exact) mass is 130 g/mol. The first-order chi connectivity index (χ1) is 4.08. The smallest absolute Gasteiger partial charge is 0.0656 e. The molecule has 0 aliphatic heterocycles. The summed E-state index contributed by atoms with van der Waals surface area (Å²) in [6.07, 6.45) is 0.856. The van der Waals surface area contributed by atoms with Crippen molar-refractivity contribution in [2.24, 2.45) is 11.8 Å². The van der Waals surface area contributed by atoms with E-state index in [4.69, 9.17) is 5.11 Å². The number of hydrogen-bond acceptors (Lipinski definition) is 2. The molecule has 9 heavy (non-hydrogen) atoms. The number of hydrogen-bond donors (Lipinski definition) is 2. The lowest BCUT2D eigenvalue weighted by Crippen LogP contribution is -2.12. The SMILES string of the molecule is CC(CO)[C@@H]1C[C@]1(C)O. The van der Waals surface area contributed by atoms with Crippen LogP contribution in [0.5, 0.6) is 0 Å². The van der Waals surface area contributed by atoms with E-state index in [-0.39, 0.29) is 12.5 Å². The topological polar surface area (TPSA) is 40.5 Å². The molecule has 1 aliphatic rings. The lowest BCUT2D eigenvalue weighted by Gasteiger charge is -2.07. The van der Waals surface area contributed by atoms with Gasteiger partial charge in [0.25, 0.3) is 0 Å². The maximum absolute atomic E-state index is 9.28. The highest BCUT2D eigenvalue weighted by atomic mass is 16.3. The predicted octanol–water partition coefficient (Wildman–Crippen LogP) is 0.386. The Morgan fingerprint density at radius 1 is 1.78 bits per heavy atom. The molecule has 0 amide bonds. The molecular weight excluding hydrogens is 116 g/mol. The lowest BCUT2D eigenvalue weighted by atomic mass is 10.1. The quantitative estimate of drug-likeness (QED) is 0.567. The second kappa shape index (κ2) is 1.96. The largest absolute Gasteiger partial charge is 0.396 e. The van der Waals surface area contributed by atoms with Crippen LogP contribution in [0.4, 0.5) is 0 Å². The highest BCUT2D eigenvalue weighted by molar-refractivity contribution is 5.01. The van der Waals surface area contributed by atoms with Crippen LogP contribution in [0.15, 0.2) is 0 Å². The molecule has 2 N–H and O–H groups in total. The summed E-state index contributed by atoms with van der Waals surface area (Å²) in [6.45, 7) is 3.98. The van der Waals surface area contributed by atoms with Gasteiger partial charge in [0.05, 0.1) is 5.60 Å². The summed E-state index contributed by atoms with van der Waals surface area (Å²) < 4.78 is 0. The molecule has 0 aromatic rings. The van der Waals surface area contributed by atoms with Crippen molar-refractivity contribution in [3.8, 4) is 0 Å². The van der Waals surface area contributed by atoms with Crippen LogP contribution in [0.1, 0.15) is 20.3 Å². The van der Waals surface area contributed by atoms with E-state index in [0.29, 0.717) is 5.92 Å². The molecule has 2 heteroatoms. The van der Waals surface area contributed by atoms with E-state index in [2.05, 4.69) is 0 Å². The van der Waals surface area contributed by atoms with Crippen molar-refractivity contribution in [3.63, 3.8) is 0 Å². The molecule has 1 fully saturated rings. The minimum atomic E-state index is -0.470. The first-order valence-electron chi connectivity index (χ1n) is 3.41. The third-order valence-electron chi connectivity index (χ3n) is 2.25. The van der Waals surface area contributed by atoms with Crippen LogP contribution in [-0.2, 0) is 0 Å². The Morgan fingerprint density at radius 3 is 2.33 bits per heavy atom. The van der Waals surface area contributed by atoms with Crippen LogP contribution < -0.4 is 0 Å². The van der Waals surface area contributed by atoms with Gasteiger partial charge in [-0.05, 0) is 25.2 Å². The molecule has 0 radical (unpaired) electrons. The Labute approximate surface area is 55.5 Å². The molecule has 1 rings (SSSR count). The zero-order valence-electron chi connectivity index (χ0n) is 5.96. The van der Waals surface area contributed by atoms with Gasteiger partial charge in [0.1, 0.15) is 0 Å². The molecule has 1 unspecified atom stereocenters. The van der Waals surface area contributed by atoms with Crippen LogP contribution in [0.3, 0.4) is 0 Å². The number of aliphatic hydroxyl groups is 2. The molecule has 0 aromatic carbocycles. The van der Waals surface area contributed by atoms with E-state index in [1.54, 1.807) is 0 Å². The first-order valence-corrected chi connectivity index (χ1v) is 3.41. The summed E-state index contributed by atoms with van der Waals surface area (Å²) >= 11 is 0. The number of rotatable bonds is 2. The number of aliphatic hydroxyl groups excluding tert-OH is 1. The van der Waals surface area contributed by atoms with Gasteiger partial charge < -0.3 is 10.2 Å². The maximum Gasteiger partial charge on any atom is 0.0656 e. The lowest BCUT2D eigenvalue weighted by molar-refractivity contribution is 0.121. The van der Waals surface area contributed by atoms with E-state index in [1.165, 1.54) is 0 Å². The molecule has 0 spiro atoms. The minimum absolute atomic E-state index is 0.195. The zero-order chi connectivity index (χ0) is 7.07. The summed E-state index contributed by atoms with van der Waals surface area (Å²) in [5, 5.41) is 17.9. The Morgan fingerprint density at radius 2 is 2.22 bits per heavy atom. The van der Waals surface area contributed by atoms with Gasteiger partial charge >= 0.3 is 0 Å². The summed E-state index contributed by atoms with van der Waals surface area (Å²) in [5.74, 6) is 0.600. The van der Waals surface area contributed by atoms with E-state index in [0.717, 1.165) is 6.42 Å². The van der Waals surface area contributed by atoms with Crippen molar-refractivity contribution in [1.29, 1.82) is 0 Å². The van der Waals surface area contributed by atoms with Crippen molar-refractivity contribution in [1.82, 2.24) is 0 Å².